The van der Waals surface area contributed by atoms with Crippen LogP contribution in [0.1, 0.15) is 50.2 Å². The van der Waals surface area contributed by atoms with Gasteiger partial charge in [-0.2, -0.15) is 0 Å². The van der Waals surface area contributed by atoms with Crippen molar-refractivity contribution in [2.45, 2.75) is 27.7 Å². The summed E-state index contributed by atoms with van der Waals surface area (Å²) in [5.74, 6) is -0.876. The summed E-state index contributed by atoms with van der Waals surface area (Å²) in [7, 11) is -2.59. The fourth-order valence-corrected chi connectivity index (χ4v) is 3.23. The van der Waals surface area contributed by atoms with E-state index >= 15 is 0 Å². The number of esters is 2. The third-order valence-corrected chi connectivity index (χ3v) is 4.53. The molecule has 4 rings (SSSR count). The lowest BCUT2D eigenvalue weighted by molar-refractivity contribution is 0.0484. The lowest BCUT2D eigenvalue weighted by atomic mass is 10.1. The average Bonchev–Trinajstić information content (AvgIpc) is 3.38. The van der Waals surface area contributed by atoms with Crippen molar-refractivity contribution < 1.29 is 41.9 Å². The molecule has 0 atom stereocenters. The number of furan rings is 2. The van der Waals surface area contributed by atoms with Gasteiger partial charge in [0, 0.05) is 10.8 Å². The molecule has 8 nitrogen and oxygen atoms in total. The van der Waals surface area contributed by atoms with E-state index in [2.05, 4.69) is 0 Å². The molecule has 2 aromatic heterocycles. The van der Waals surface area contributed by atoms with Gasteiger partial charge < -0.3 is 28.2 Å². The molecule has 0 unspecified atom stereocenters. The minimum atomic E-state index is -2.59. The van der Waals surface area contributed by atoms with Gasteiger partial charge in [-0.05, 0) is 75.2 Å². The summed E-state index contributed by atoms with van der Waals surface area (Å²) < 4.78 is 46.6. The normalized spacial score (nSPS) is 12.3. The molecule has 0 aliphatic heterocycles. The monoisotopic (exact) mass is 457 g/mol. The van der Waals surface area contributed by atoms with Gasteiger partial charge in [0.25, 0.3) is 0 Å². The van der Waals surface area contributed by atoms with Gasteiger partial charge in [0.15, 0.2) is 22.7 Å². The van der Waals surface area contributed by atoms with E-state index in [1.807, 2.05) is 13.0 Å². The van der Waals surface area contributed by atoms with Crippen molar-refractivity contribution >= 4 is 33.9 Å². The number of ether oxygens (including phenoxy) is 3. The number of hydrogen-bond donors (Lipinski definition) is 1. The molecule has 0 bridgehead atoms. The second-order valence-corrected chi connectivity index (χ2v) is 7.15. The molecule has 4 aromatic rings. The number of hydrogen-bond acceptors (Lipinski definition) is 8. The molecule has 33 heavy (non-hydrogen) atoms. The molecule has 0 saturated carbocycles. The van der Waals surface area contributed by atoms with Gasteiger partial charge >= 0.3 is 11.9 Å². The van der Waals surface area contributed by atoms with Gasteiger partial charge in [0.05, 0.1) is 24.4 Å². The zero-order valence-electron chi connectivity index (χ0n) is 21.7. The van der Waals surface area contributed by atoms with E-state index in [-0.39, 0.29) is 35.2 Å². The number of phenols is 1. The van der Waals surface area contributed by atoms with E-state index < -0.39 is 19.0 Å². The summed E-state index contributed by atoms with van der Waals surface area (Å²) in [5, 5.41) is 10.9. The molecule has 0 fully saturated rings. The third kappa shape index (κ3) is 5.28. The van der Waals surface area contributed by atoms with Crippen LogP contribution in [-0.2, 0) is 9.47 Å². The number of carbonyl (C=O) groups is 2. The standard InChI is InChI=1S/C13H14O4.C12H12O4/c1-4-16-13(14)11-7-9-5-8(2)6-10(15-3)12(9)17-11;1-3-15-12(14)10-6-8-4-7(2)5-9(13)11(8)16-10/h5-7H,4H2,1-3H3;4-6,13H,3H2,1-2H3/i3D3;. The second-order valence-electron chi connectivity index (χ2n) is 7.15. The first kappa shape index (κ1) is 19.7. The fraction of sp³-hybridized carbons (Fsp3) is 0.280. The van der Waals surface area contributed by atoms with Crippen LogP contribution in [0.25, 0.3) is 21.9 Å². The first-order chi connectivity index (χ1) is 16.9. The Hall–Kier alpha value is -3.94. The fourth-order valence-electron chi connectivity index (χ4n) is 3.23. The molecular weight excluding hydrogens is 428 g/mol. The van der Waals surface area contributed by atoms with Crippen LogP contribution in [0, 0.1) is 13.8 Å². The molecule has 0 amide bonds. The number of benzene rings is 2. The molecule has 0 saturated heterocycles. The number of aryl methyl sites for hydroxylation is 2. The Bertz CT molecular complexity index is 1400. The number of phenolic OH excluding ortho intramolecular Hbond substituents is 1. The number of aromatic hydroxyl groups is 1. The Morgan fingerprint density at radius 2 is 1.36 bits per heavy atom. The van der Waals surface area contributed by atoms with E-state index in [9.17, 15) is 14.7 Å². The predicted molar refractivity (Wildman–Crippen MR) is 122 cm³/mol. The van der Waals surface area contributed by atoms with Gasteiger partial charge in [0.2, 0.25) is 11.5 Å². The topological polar surface area (TPSA) is 108 Å². The van der Waals surface area contributed by atoms with Crippen molar-refractivity contribution in [3.05, 3.63) is 59.0 Å². The van der Waals surface area contributed by atoms with Gasteiger partial charge in [0.1, 0.15) is 0 Å². The number of fused-ring (bicyclic) bond motifs is 2. The maximum Gasteiger partial charge on any atom is 0.374 e. The maximum absolute atomic E-state index is 11.6. The highest BCUT2D eigenvalue weighted by Crippen LogP contribution is 2.31. The summed E-state index contributed by atoms with van der Waals surface area (Å²) in [5.41, 5.74) is 2.23. The van der Waals surface area contributed by atoms with Crippen LogP contribution in [0.5, 0.6) is 11.5 Å². The molecule has 0 aliphatic rings. The number of carbonyl (C=O) groups excluding carboxylic acids is 2. The highest BCUT2D eigenvalue weighted by molar-refractivity contribution is 5.95. The quantitative estimate of drug-likeness (QED) is 0.389. The molecule has 0 aliphatic carbocycles. The molecule has 1 N–H and O–H groups in total. The largest absolute Gasteiger partial charge is 0.504 e. The lowest BCUT2D eigenvalue weighted by Gasteiger charge is -2.01. The minimum Gasteiger partial charge on any atom is -0.504 e. The van der Waals surface area contributed by atoms with Gasteiger partial charge in [-0.1, -0.05) is 0 Å². The number of methoxy groups -OCH3 is 1. The molecule has 8 heteroatoms. The van der Waals surface area contributed by atoms with Crippen LogP contribution >= 0.6 is 0 Å². The molecule has 0 radical (unpaired) electrons. The van der Waals surface area contributed by atoms with E-state index in [1.54, 1.807) is 45.0 Å². The molecule has 2 aromatic carbocycles. The first-order valence-corrected chi connectivity index (χ1v) is 10.2. The SMILES string of the molecule is CCOC(=O)c1cc2cc(C)cc(O)c2o1.[2H]C([2H])([2H])Oc1cc(C)cc2cc(C(=O)OCC)oc12. The van der Waals surface area contributed by atoms with Crippen LogP contribution in [0.15, 0.2) is 45.2 Å². The summed E-state index contributed by atoms with van der Waals surface area (Å²) in [6, 6.07) is 9.82. The van der Waals surface area contributed by atoms with E-state index in [0.29, 0.717) is 23.0 Å². The molecular formula is C25H26O8. The van der Waals surface area contributed by atoms with Crippen LogP contribution in [0.3, 0.4) is 0 Å². The van der Waals surface area contributed by atoms with E-state index in [4.69, 9.17) is 27.2 Å². The van der Waals surface area contributed by atoms with E-state index in [0.717, 1.165) is 11.1 Å². The summed E-state index contributed by atoms with van der Waals surface area (Å²) >= 11 is 0. The third-order valence-electron chi connectivity index (χ3n) is 4.53. The second kappa shape index (κ2) is 10.1. The molecule has 0 spiro atoms. The molecule has 174 valence electrons. The van der Waals surface area contributed by atoms with Crippen LogP contribution < -0.4 is 4.74 Å². The summed E-state index contributed by atoms with van der Waals surface area (Å²) in [4.78, 5) is 23.0. The Labute approximate surface area is 194 Å². The van der Waals surface area contributed by atoms with Crippen molar-refractivity contribution in [3.8, 4) is 11.5 Å². The highest BCUT2D eigenvalue weighted by Gasteiger charge is 2.17. The summed E-state index contributed by atoms with van der Waals surface area (Å²) in [6.07, 6.45) is 0. The van der Waals surface area contributed by atoms with Gasteiger partial charge in [-0.25, -0.2) is 9.59 Å². The predicted octanol–water partition coefficient (Wildman–Crippen LogP) is 5.55. The van der Waals surface area contributed by atoms with Crippen LogP contribution in [0.2, 0.25) is 0 Å². The minimum absolute atomic E-state index is 0.0165. The van der Waals surface area contributed by atoms with Crippen molar-refractivity contribution in [1.82, 2.24) is 0 Å². The van der Waals surface area contributed by atoms with Crippen molar-refractivity contribution in [3.63, 3.8) is 0 Å². The number of rotatable bonds is 5. The maximum atomic E-state index is 11.6. The zero-order valence-corrected chi connectivity index (χ0v) is 18.7. The smallest absolute Gasteiger partial charge is 0.374 e. The van der Waals surface area contributed by atoms with Gasteiger partial charge in [-0.15, -0.1) is 0 Å². The Kier molecular flexibility index (Phi) is 6.05. The molecule has 2 heterocycles. The Morgan fingerprint density at radius 1 is 0.848 bits per heavy atom. The Morgan fingerprint density at radius 3 is 1.91 bits per heavy atom. The highest BCUT2D eigenvalue weighted by atomic mass is 16.5. The van der Waals surface area contributed by atoms with E-state index in [1.165, 1.54) is 6.07 Å². The van der Waals surface area contributed by atoms with Gasteiger partial charge in [-0.3, -0.25) is 0 Å². The van der Waals surface area contributed by atoms with Crippen LogP contribution in [0.4, 0.5) is 0 Å². The first-order valence-electron chi connectivity index (χ1n) is 11.7. The lowest BCUT2D eigenvalue weighted by Crippen LogP contribution is -2.02. The van der Waals surface area contributed by atoms with Crippen LogP contribution in [-0.4, -0.2) is 37.3 Å². The van der Waals surface area contributed by atoms with Crippen molar-refractivity contribution in [2.75, 3.05) is 20.3 Å². The Balaban J connectivity index is 0.000000205. The van der Waals surface area contributed by atoms with Crippen molar-refractivity contribution in [2.24, 2.45) is 0 Å². The summed E-state index contributed by atoms with van der Waals surface area (Å²) in [6.45, 7) is 7.59. The zero-order chi connectivity index (χ0) is 26.6. The van der Waals surface area contributed by atoms with Crippen molar-refractivity contribution in [1.29, 1.82) is 0 Å². The average molecular weight is 457 g/mol.